The van der Waals surface area contributed by atoms with Crippen LogP contribution in [0.2, 0.25) is 0 Å². The van der Waals surface area contributed by atoms with Crippen LogP contribution in [0.4, 0.5) is 5.69 Å². The Morgan fingerprint density at radius 1 is 1.55 bits per heavy atom. The monoisotopic (exact) mass is 145 g/mol. The molecule has 0 saturated heterocycles. The summed E-state index contributed by atoms with van der Waals surface area (Å²) in [5.41, 5.74) is 3.14. The summed E-state index contributed by atoms with van der Waals surface area (Å²) in [6.45, 7) is 1.11. The second kappa shape index (κ2) is 1.58. The predicted molar refractivity (Wildman–Crippen MR) is 42.5 cm³/mol. The third-order valence-corrected chi connectivity index (χ3v) is 2.81. The summed E-state index contributed by atoms with van der Waals surface area (Å²) in [5, 5.41) is 3.38. The molecule has 2 heterocycles. The van der Waals surface area contributed by atoms with E-state index in [-0.39, 0.29) is 0 Å². The SMILES string of the molecule is [c]1cc2c(cn1)C1(CC1)CN2. The molecule has 1 aromatic rings. The van der Waals surface area contributed by atoms with Gasteiger partial charge in [-0.25, -0.2) is 0 Å². The summed E-state index contributed by atoms with van der Waals surface area (Å²) in [6.07, 6.45) is 7.47. The van der Waals surface area contributed by atoms with Gasteiger partial charge in [-0.1, -0.05) is 0 Å². The zero-order valence-electron chi connectivity index (χ0n) is 6.22. The third kappa shape index (κ3) is 0.595. The molecule has 1 spiro atoms. The van der Waals surface area contributed by atoms with E-state index in [2.05, 4.69) is 16.5 Å². The van der Waals surface area contributed by atoms with Gasteiger partial charge >= 0.3 is 0 Å². The van der Waals surface area contributed by atoms with Gasteiger partial charge in [0.1, 0.15) is 0 Å². The van der Waals surface area contributed by atoms with Crippen molar-refractivity contribution in [2.75, 3.05) is 11.9 Å². The third-order valence-electron chi connectivity index (χ3n) is 2.81. The van der Waals surface area contributed by atoms with Crippen molar-refractivity contribution in [1.82, 2.24) is 4.98 Å². The highest BCUT2D eigenvalue weighted by Crippen LogP contribution is 2.53. The Bertz CT molecular complexity index is 302. The minimum atomic E-state index is 0.484. The van der Waals surface area contributed by atoms with Crippen molar-refractivity contribution in [2.24, 2.45) is 0 Å². The normalized spacial score (nSPS) is 22.9. The van der Waals surface area contributed by atoms with E-state index in [1.54, 1.807) is 0 Å². The lowest BCUT2D eigenvalue weighted by Crippen LogP contribution is -2.08. The Kier molecular flexibility index (Phi) is 0.799. The molecule has 1 aromatic heterocycles. The molecule has 2 aliphatic rings. The Balaban J connectivity index is 2.21. The largest absolute Gasteiger partial charge is 0.384 e. The molecule has 3 rings (SSSR count). The van der Waals surface area contributed by atoms with E-state index in [1.807, 2.05) is 12.3 Å². The molecule has 0 bridgehead atoms. The number of anilines is 1. The standard InChI is InChI=1S/C9H9N2/c1-4-10-5-7-8(1)11-6-9(7)2-3-9/h1,5,11H,2-3,6H2. The number of fused-ring (bicyclic) bond motifs is 2. The minimum absolute atomic E-state index is 0.484. The topological polar surface area (TPSA) is 24.9 Å². The van der Waals surface area contributed by atoms with Gasteiger partial charge in [-0.2, -0.15) is 0 Å². The summed E-state index contributed by atoms with van der Waals surface area (Å²) in [7, 11) is 0. The van der Waals surface area contributed by atoms with Crippen molar-refractivity contribution in [2.45, 2.75) is 18.3 Å². The van der Waals surface area contributed by atoms with Crippen LogP contribution in [-0.2, 0) is 5.41 Å². The fourth-order valence-corrected chi connectivity index (χ4v) is 1.88. The maximum atomic E-state index is 4.03. The number of nitrogens with zero attached hydrogens (tertiary/aromatic N) is 1. The predicted octanol–water partition coefficient (Wildman–Crippen LogP) is 1.34. The highest BCUT2D eigenvalue weighted by atomic mass is 15.0. The molecule has 55 valence electrons. The molecule has 1 saturated carbocycles. The van der Waals surface area contributed by atoms with E-state index in [0.717, 1.165) is 6.54 Å². The van der Waals surface area contributed by atoms with Crippen molar-refractivity contribution in [3.8, 4) is 0 Å². The Morgan fingerprint density at radius 2 is 2.45 bits per heavy atom. The molecular weight excluding hydrogens is 136 g/mol. The van der Waals surface area contributed by atoms with E-state index in [4.69, 9.17) is 0 Å². The zero-order valence-corrected chi connectivity index (χ0v) is 6.22. The van der Waals surface area contributed by atoms with Gasteiger partial charge < -0.3 is 5.32 Å². The van der Waals surface area contributed by atoms with Crippen LogP contribution in [0.1, 0.15) is 18.4 Å². The quantitative estimate of drug-likeness (QED) is 0.596. The first-order chi connectivity index (χ1) is 5.41. The molecule has 1 radical (unpaired) electrons. The molecule has 2 heteroatoms. The van der Waals surface area contributed by atoms with Crippen LogP contribution < -0.4 is 5.32 Å². The molecule has 0 unspecified atom stereocenters. The van der Waals surface area contributed by atoms with Gasteiger partial charge in [0.25, 0.3) is 0 Å². The minimum Gasteiger partial charge on any atom is -0.384 e. The molecule has 1 fully saturated rings. The van der Waals surface area contributed by atoms with Gasteiger partial charge in [0, 0.05) is 29.4 Å². The number of pyridine rings is 1. The van der Waals surface area contributed by atoms with Crippen molar-refractivity contribution in [3.05, 3.63) is 24.0 Å². The maximum absolute atomic E-state index is 4.03. The van der Waals surface area contributed by atoms with E-state index in [9.17, 15) is 0 Å². The van der Waals surface area contributed by atoms with Crippen LogP contribution in [0.25, 0.3) is 0 Å². The molecule has 0 atom stereocenters. The molecule has 2 nitrogen and oxygen atoms in total. The summed E-state index contributed by atoms with van der Waals surface area (Å²) < 4.78 is 0. The highest BCUT2D eigenvalue weighted by molar-refractivity contribution is 5.61. The van der Waals surface area contributed by atoms with Crippen LogP contribution in [-0.4, -0.2) is 11.5 Å². The lowest BCUT2D eigenvalue weighted by atomic mass is 10.0. The average Bonchev–Trinajstić information content (AvgIpc) is 2.72. The number of rotatable bonds is 0. The van der Waals surface area contributed by atoms with Gasteiger partial charge in [-0.05, 0) is 18.9 Å². The smallest absolute Gasteiger partial charge is 0.0907 e. The number of hydrogen-bond donors (Lipinski definition) is 1. The summed E-state index contributed by atoms with van der Waals surface area (Å²) in [6, 6.07) is 1.95. The van der Waals surface area contributed by atoms with Gasteiger partial charge in [-0.3, -0.25) is 4.98 Å². The molecule has 0 amide bonds. The summed E-state index contributed by atoms with van der Waals surface area (Å²) in [4.78, 5) is 4.03. The first-order valence-electron chi connectivity index (χ1n) is 4.01. The summed E-state index contributed by atoms with van der Waals surface area (Å²) in [5.74, 6) is 0. The second-order valence-corrected chi connectivity index (χ2v) is 3.49. The van der Waals surface area contributed by atoms with Gasteiger partial charge in [0.05, 0.1) is 6.20 Å². The maximum Gasteiger partial charge on any atom is 0.0907 e. The van der Waals surface area contributed by atoms with Crippen molar-refractivity contribution >= 4 is 5.69 Å². The highest BCUT2D eigenvalue weighted by Gasteiger charge is 2.48. The van der Waals surface area contributed by atoms with E-state index in [1.165, 1.54) is 24.1 Å². The average molecular weight is 145 g/mol. The molecular formula is C9H9N2. The molecule has 0 aromatic carbocycles. The van der Waals surface area contributed by atoms with Crippen molar-refractivity contribution in [3.63, 3.8) is 0 Å². The van der Waals surface area contributed by atoms with Crippen molar-refractivity contribution in [1.29, 1.82) is 0 Å². The zero-order chi connectivity index (χ0) is 7.31. The van der Waals surface area contributed by atoms with Gasteiger partial charge in [0.2, 0.25) is 0 Å². The molecule has 1 aliphatic carbocycles. The van der Waals surface area contributed by atoms with E-state index in [0.29, 0.717) is 5.41 Å². The first kappa shape index (κ1) is 5.58. The Hall–Kier alpha value is -1.05. The fraction of sp³-hybridized carbons (Fsp3) is 0.444. The second-order valence-electron chi connectivity index (χ2n) is 3.49. The molecule has 1 N–H and O–H groups in total. The fourth-order valence-electron chi connectivity index (χ4n) is 1.88. The Labute approximate surface area is 65.6 Å². The van der Waals surface area contributed by atoms with Gasteiger partial charge in [0.15, 0.2) is 0 Å². The lowest BCUT2D eigenvalue weighted by Gasteiger charge is -2.02. The van der Waals surface area contributed by atoms with Crippen LogP contribution >= 0.6 is 0 Å². The first-order valence-corrected chi connectivity index (χ1v) is 4.01. The lowest BCUT2D eigenvalue weighted by molar-refractivity contribution is 0.774. The van der Waals surface area contributed by atoms with Crippen molar-refractivity contribution < 1.29 is 0 Å². The van der Waals surface area contributed by atoms with Crippen LogP contribution in [0.15, 0.2) is 12.3 Å². The molecule has 1 aliphatic heterocycles. The number of aromatic nitrogens is 1. The van der Waals surface area contributed by atoms with Crippen LogP contribution in [0, 0.1) is 6.20 Å². The van der Waals surface area contributed by atoms with Crippen LogP contribution in [0.3, 0.4) is 0 Å². The number of nitrogens with one attached hydrogen (secondary N) is 1. The van der Waals surface area contributed by atoms with E-state index >= 15 is 0 Å². The van der Waals surface area contributed by atoms with Gasteiger partial charge in [-0.15, -0.1) is 0 Å². The van der Waals surface area contributed by atoms with E-state index < -0.39 is 0 Å². The van der Waals surface area contributed by atoms with Crippen LogP contribution in [0.5, 0.6) is 0 Å². The Morgan fingerprint density at radius 3 is 3.27 bits per heavy atom. The number of hydrogen-bond acceptors (Lipinski definition) is 2. The molecule has 11 heavy (non-hydrogen) atoms. The summed E-state index contributed by atoms with van der Waals surface area (Å²) >= 11 is 0.